The Morgan fingerprint density at radius 1 is 1.69 bits per heavy atom. The van der Waals surface area contributed by atoms with Crippen molar-refractivity contribution in [3.05, 3.63) is 0 Å². The molecule has 0 radical (unpaired) electrons. The van der Waals surface area contributed by atoms with Crippen molar-refractivity contribution in [2.24, 2.45) is 0 Å². The highest BCUT2D eigenvalue weighted by atomic mass is 16.6. The van der Waals surface area contributed by atoms with Gasteiger partial charge in [0.2, 0.25) is 0 Å². The normalized spacial score (nSPS) is 34.2. The topological polar surface area (TPSA) is 76.0 Å². The third kappa shape index (κ3) is 2.95. The Hall–Kier alpha value is -0.650. The number of hydrogen-bond acceptors (Lipinski definition) is 5. The number of esters is 1. The quantitative estimate of drug-likeness (QED) is 0.550. The Labute approximate surface area is 76.3 Å². The standard InChI is InChI=1S/C8H14O5/c1-5(10)13-8-2-6(3-9)12-4-7(8)11/h6-9,11H,2-4H2,1H3/t6?,7?,8-/m0/s1. The van der Waals surface area contributed by atoms with Crippen LogP contribution in [0.5, 0.6) is 0 Å². The Kier molecular flexibility index (Phi) is 3.65. The molecule has 0 amide bonds. The first-order chi connectivity index (χ1) is 6.13. The molecule has 0 spiro atoms. The van der Waals surface area contributed by atoms with Crippen LogP contribution >= 0.6 is 0 Å². The number of carbonyl (C=O) groups is 1. The maximum Gasteiger partial charge on any atom is 0.302 e. The molecule has 0 aliphatic carbocycles. The Bertz CT molecular complexity index is 181. The summed E-state index contributed by atoms with van der Waals surface area (Å²) < 4.78 is 9.92. The van der Waals surface area contributed by atoms with Crippen LogP contribution in [0.15, 0.2) is 0 Å². The van der Waals surface area contributed by atoms with Crippen molar-refractivity contribution in [3.8, 4) is 0 Å². The van der Waals surface area contributed by atoms with E-state index in [1.807, 2.05) is 0 Å². The third-order valence-corrected chi connectivity index (χ3v) is 1.95. The predicted molar refractivity (Wildman–Crippen MR) is 43.0 cm³/mol. The van der Waals surface area contributed by atoms with Gasteiger partial charge in [-0.15, -0.1) is 0 Å². The predicted octanol–water partition coefficient (Wildman–Crippen LogP) is -0.940. The molecule has 0 aromatic rings. The van der Waals surface area contributed by atoms with Gasteiger partial charge in [0.1, 0.15) is 12.2 Å². The zero-order valence-corrected chi connectivity index (χ0v) is 7.47. The fourth-order valence-electron chi connectivity index (χ4n) is 1.29. The van der Waals surface area contributed by atoms with Crippen molar-refractivity contribution >= 4 is 5.97 Å². The molecule has 5 heteroatoms. The molecule has 0 bridgehead atoms. The summed E-state index contributed by atoms with van der Waals surface area (Å²) in [6.07, 6.45) is -1.33. The second-order valence-corrected chi connectivity index (χ2v) is 3.09. The van der Waals surface area contributed by atoms with Crippen LogP contribution in [0, 0.1) is 0 Å². The molecule has 2 unspecified atom stereocenters. The highest BCUT2D eigenvalue weighted by Gasteiger charge is 2.31. The largest absolute Gasteiger partial charge is 0.460 e. The maximum absolute atomic E-state index is 10.6. The molecule has 3 atom stereocenters. The van der Waals surface area contributed by atoms with Crippen LogP contribution < -0.4 is 0 Å². The van der Waals surface area contributed by atoms with E-state index in [9.17, 15) is 9.90 Å². The Morgan fingerprint density at radius 2 is 2.38 bits per heavy atom. The van der Waals surface area contributed by atoms with Crippen LogP contribution in [0.2, 0.25) is 0 Å². The van der Waals surface area contributed by atoms with Crippen LogP contribution in [0.3, 0.4) is 0 Å². The number of aliphatic hydroxyl groups excluding tert-OH is 2. The lowest BCUT2D eigenvalue weighted by molar-refractivity contribution is -0.173. The highest BCUT2D eigenvalue weighted by molar-refractivity contribution is 5.66. The number of ether oxygens (including phenoxy) is 2. The van der Waals surface area contributed by atoms with Gasteiger partial charge in [0.25, 0.3) is 0 Å². The summed E-state index contributed by atoms with van der Waals surface area (Å²) in [6.45, 7) is 1.27. The van der Waals surface area contributed by atoms with E-state index >= 15 is 0 Å². The minimum Gasteiger partial charge on any atom is -0.460 e. The molecule has 1 rings (SSSR count). The van der Waals surface area contributed by atoms with Crippen molar-refractivity contribution in [2.45, 2.75) is 31.7 Å². The van der Waals surface area contributed by atoms with E-state index in [0.29, 0.717) is 6.42 Å². The number of hydrogen-bond donors (Lipinski definition) is 2. The molecule has 0 saturated carbocycles. The minimum absolute atomic E-state index is 0.100. The summed E-state index contributed by atoms with van der Waals surface area (Å²) in [5.74, 6) is -0.428. The smallest absolute Gasteiger partial charge is 0.302 e. The van der Waals surface area contributed by atoms with Gasteiger partial charge in [0.05, 0.1) is 19.3 Å². The van der Waals surface area contributed by atoms with Gasteiger partial charge < -0.3 is 19.7 Å². The molecule has 1 saturated heterocycles. The van der Waals surface area contributed by atoms with Gasteiger partial charge in [-0.05, 0) is 0 Å². The van der Waals surface area contributed by atoms with Gasteiger partial charge >= 0.3 is 5.97 Å². The van der Waals surface area contributed by atoms with E-state index in [4.69, 9.17) is 14.6 Å². The molecule has 0 aromatic carbocycles. The van der Waals surface area contributed by atoms with Crippen molar-refractivity contribution in [1.29, 1.82) is 0 Å². The molecule has 13 heavy (non-hydrogen) atoms. The van der Waals surface area contributed by atoms with Crippen molar-refractivity contribution in [1.82, 2.24) is 0 Å². The van der Waals surface area contributed by atoms with Crippen molar-refractivity contribution < 1.29 is 24.5 Å². The maximum atomic E-state index is 10.6. The van der Waals surface area contributed by atoms with Crippen LogP contribution in [0.4, 0.5) is 0 Å². The SMILES string of the molecule is CC(=O)O[C@H]1CC(CO)OCC1O. The summed E-state index contributed by atoms with van der Waals surface area (Å²) in [4.78, 5) is 10.6. The molecular formula is C8H14O5. The average Bonchev–Trinajstić information content (AvgIpc) is 2.08. The zero-order valence-electron chi connectivity index (χ0n) is 7.47. The monoisotopic (exact) mass is 190 g/mol. The molecular weight excluding hydrogens is 176 g/mol. The van der Waals surface area contributed by atoms with E-state index < -0.39 is 18.2 Å². The Balaban J connectivity index is 2.44. The molecule has 1 aliphatic heterocycles. The molecule has 1 heterocycles. The first kappa shape index (κ1) is 10.4. The summed E-state index contributed by atoms with van der Waals surface area (Å²) in [5.41, 5.74) is 0. The number of aliphatic hydroxyl groups is 2. The van der Waals surface area contributed by atoms with E-state index in [-0.39, 0.29) is 19.3 Å². The highest BCUT2D eigenvalue weighted by Crippen LogP contribution is 2.17. The van der Waals surface area contributed by atoms with Crippen molar-refractivity contribution in [2.75, 3.05) is 13.2 Å². The molecule has 0 aromatic heterocycles. The fourth-order valence-corrected chi connectivity index (χ4v) is 1.29. The van der Waals surface area contributed by atoms with Gasteiger partial charge in [-0.2, -0.15) is 0 Å². The van der Waals surface area contributed by atoms with Gasteiger partial charge in [-0.1, -0.05) is 0 Å². The van der Waals surface area contributed by atoms with Gasteiger partial charge in [-0.3, -0.25) is 4.79 Å². The minimum atomic E-state index is -0.785. The third-order valence-electron chi connectivity index (χ3n) is 1.95. The lowest BCUT2D eigenvalue weighted by atomic mass is 10.0. The van der Waals surface area contributed by atoms with Gasteiger partial charge in [0, 0.05) is 13.3 Å². The Morgan fingerprint density at radius 3 is 2.92 bits per heavy atom. The summed E-state index contributed by atoms with van der Waals surface area (Å²) in [6, 6.07) is 0. The van der Waals surface area contributed by atoms with E-state index in [1.165, 1.54) is 6.92 Å². The van der Waals surface area contributed by atoms with Crippen LogP contribution in [-0.4, -0.2) is 47.7 Å². The lowest BCUT2D eigenvalue weighted by Gasteiger charge is -2.31. The van der Waals surface area contributed by atoms with Crippen LogP contribution in [-0.2, 0) is 14.3 Å². The van der Waals surface area contributed by atoms with E-state index in [2.05, 4.69) is 0 Å². The zero-order chi connectivity index (χ0) is 9.84. The lowest BCUT2D eigenvalue weighted by Crippen LogP contribution is -2.44. The summed E-state index contributed by atoms with van der Waals surface area (Å²) >= 11 is 0. The summed E-state index contributed by atoms with van der Waals surface area (Å²) in [7, 11) is 0. The van der Waals surface area contributed by atoms with Crippen LogP contribution in [0.1, 0.15) is 13.3 Å². The molecule has 1 fully saturated rings. The van der Waals surface area contributed by atoms with Crippen LogP contribution in [0.25, 0.3) is 0 Å². The second kappa shape index (κ2) is 4.55. The molecule has 5 nitrogen and oxygen atoms in total. The first-order valence-corrected chi connectivity index (χ1v) is 4.21. The van der Waals surface area contributed by atoms with E-state index in [0.717, 1.165) is 0 Å². The van der Waals surface area contributed by atoms with E-state index in [1.54, 1.807) is 0 Å². The fraction of sp³-hybridized carbons (Fsp3) is 0.875. The average molecular weight is 190 g/mol. The first-order valence-electron chi connectivity index (χ1n) is 4.21. The molecule has 2 N–H and O–H groups in total. The number of carbonyl (C=O) groups excluding carboxylic acids is 1. The number of rotatable bonds is 2. The summed E-state index contributed by atoms with van der Waals surface area (Å²) in [5, 5.41) is 18.1. The molecule has 76 valence electrons. The van der Waals surface area contributed by atoms with Crippen molar-refractivity contribution in [3.63, 3.8) is 0 Å². The van der Waals surface area contributed by atoms with Gasteiger partial charge in [0.15, 0.2) is 0 Å². The molecule has 1 aliphatic rings. The second-order valence-electron chi connectivity index (χ2n) is 3.09. The van der Waals surface area contributed by atoms with Gasteiger partial charge in [-0.25, -0.2) is 0 Å².